The number of aromatic nitrogens is 1. The van der Waals surface area contributed by atoms with Crippen molar-refractivity contribution in [2.45, 2.75) is 32.4 Å². The van der Waals surface area contributed by atoms with Crippen LogP contribution in [-0.2, 0) is 6.54 Å². The van der Waals surface area contributed by atoms with Gasteiger partial charge in [0.25, 0.3) is 0 Å². The number of hydrogen-bond acceptors (Lipinski definition) is 3. The molecule has 1 saturated carbocycles. The van der Waals surface area contributed by atoms with Gasteiger partial charge in [-0.05, 0) is 25.8 Å². The number of halogens is 1. The molecule has 1 aromatic heterocycles. The SMILES string of the molecule is CCOc1ccc(Cl)c(CNC2CC2)n1. The molecule has 0 amide bonds. The largest absolute Gasteiger partial charge is 0.478 e. The van der Waals surface area contributed by atoms with Crippen LogP contribution in [0.15, 0.2) is 12.1 Å². The van der Waals surface area contributed by atoms with E-state index in [4.69, 9.17) is 16.3 Å². The van der Waals surface area contributed by atoms with Crippen LogP contribution < -0.4 is 10.1 Å². The van der Waals surface area contributed by atoms with Crippen molar-refractivity contribution in [2.75, 3.05) is 6.61 Å². The van der Waals surface area contributed by atoms with Gasteiger partial charge >= 0.3 is 0 Å². The Kier molecular flexibility index (Phi) is 3.44. The van der Waals surface area contributed by atoms with E-state index in [2.05, 4.69) is 10.3 Å². The molecule has 1 aliphatic carbocycles. The fourth-order valence-electron chi connectivity index (χ4n) is 1.35. The third-order valence-corrected chi connectivity index (χ3v) is 2.66. The second-order valence-electron chi connectivity index (χ2n) is 3.67. The summed E-state index contributed by atoms with van der Waals surface area (Å²) in [6, 6.07) is 4.30. The lowest BCUT2D eigenvalue weighted by atomic mass is 10.3. The van der Waals surface area contributed by atoms with E-state index in [1.165, 1.54) is 12.8 Å². The molecule has 1 heterocycles. The quantitative estimate of drug-likeness (QED) is 0.837. The molecule has 4 heteroatoms. The fourth-order valence-corrected chi connectivity index (χ4v) is 1.52. The van der Waals surface area contributed by atoms with Gasteiger partial charge in [0.05, 0.1) is 17.3 Å². The highest BCUT2D eigenvalue weighted by molar-refractivity contribution is 6.31. The summed E-state index contributed by atoms with van der Waals surface area (Å²) < 4.78 is 5.33. The second-order valence-corrected chi connectivity index (χ2v) is 4.07. The van der Waals surface area contributed by atoms with Crippen molar-refractivity contribution >= 4 is 11.6 Å². The average Bonchev–Trinajstić information content (AvgIpc) is 3.03. The van der Waals surface area contributed by atoms with Crippen molar-refractivity contribution < 1.29 is 4.74 Å². The zero-order valence-corrected chi connectivity index (χ0v) is 9.55. The van der Waals surface area contributed by atoms with E-state index in [0.29, 0.717) is 23.6 Å². The van der Waals surface area contributed by atoms with E-state index in [1.807, 2.05) is 13.0 Å². The maximum absolute atomic E-state index is 6.04. The second kappa shape index (κ2) is 4.81. The first kappa shape index (κ1) is 10.7. The first-order valence-electron chi connectivity index (χ1n) is 5.31. The first-order chi connectivity index (χ1) is 7.29. The van der Waals surface area contributed by atoms with Crippen LogP contribution >= 0.6 is 11.6 Å². The van der Waals surface area contributed by atoms with E-state index < -0.39 is 0 Å². The van der Waals surface area contributed by atoms with Crippen LogP contribution in [0.3, 0.4) is 0 Å². The molecule has 0 saturated heterocycles. The lowest BCUT2D eigenvalue weighted by Crippen LogP contribution is -2.16. The van der Waals surface area contributed by atoms with E-state index in [-0.39, 0.29) is 0 Å². The molecule has 82 valence electrons. The summed E-state index contributed by atoms with van der Waals surface area (Å²) in [4.78, 5) is 4.35. The van der Waals surface area contributed by atoms with Crippen molar-refractivity contribution in [3.8, 4) is 5.88 Å². The molecule has 1 N–H and O–H groups in total. The van der Waals surface area contributed by atoms with Crippen molar-refractivity contribution in [3.05, 3.63) is 22.8 Å². The number of ether oxygens (including phenoxy) is 1. The minimum absolute atomic E-state index is 0.629. The Morgan fingerprint density at radius 1 is 1.53 bits per heavy atom. The van der Waals surface area contributed by atoms with Gasteiger partial charge in [0.1, 0.15) is 0 Å². The van der Waals surface area contributed by atoms with Crippen LogP contribution in [0, 0.1) is 0 Å². The van der Waals surface area contributed by atoms with Gasteiger partial charge in [-0.15, -0.1) is 0 Å². The molecule has 1 aliphatic rings. The molecule has 0 bridgehead atoms. The van der Waals surface area contributed by atoms with Gasteiger partial charge in [-0.3, -0.25) is 0 Å². The lowest BCUT2D eigenvalue weighted by molar-refractivity contribution is 0.325. The number of pyridine rings is 1. The molecule has 0 aliphatic heterocycles. The van der Waals surface area contributed by atoms with Gasteiger partial charge in [-0.25, -0.2) is 4.98 Å². The zero-order chi connectivity index (χ0) is 10.7. The third kappa shape index (κ3) is 3.08. The van der Waals surface area contributed by atoms with Gasteiger partial charge in [0.2, 0.25) is 5.88 Å². The minimum Gasteiger partial charge on any atom is -0.478 e. The maximum Gasteiger partial charge on any atom is 0.213 e. The Bertz CT molecular complexity index is 339. The minimum atomic E-state index is 0.629. The van der Waals surface area contributed by atoms with E-state index in [0.717, 1.165) is 12.2 Å². The highest BCUT2D eigenvalue weighted by atomic mass is 35.5. The van der Waals surface area contributed by atoms with E-state index in [9.17, 15) is 0 Å². The maximum atomic E-state index is 6.04. The Balaban J connectivity index is 2.01. The topological polar surface area (TPSA) is 34.1 Å². The predicted molar refractivity (Wildman–Crippen MR) is 60.3 cm³/mol. The van der Waals surface area contributed by atoms with E-state index >= 15 is 0 Å². The number of nitrogens with zero attached hydrogens (tertiary/aromatic N) is 1. The summed E-state index contributed by atoms with van der Waals surface area (Å²) in [6.45, 7) is 3.30. The van der Waals surface area contributed by atoms with Crippen molar-refractivity contribution in [1.29, 1.82) is 0 Å². The molecule has 0 aromatic carbocycles. The van der Waals surface area contributed by atoms with Crippen LogP contribution in [0.5, 0.6) is 5.88 Å². The van der Waals surface area contributed by atoms with Crippen LogP contribution in [0.25, 0.3) is 0 Å². The van der Waals surface area contributed by atoms with Crippen LogP contribution in [0.2, 0.25) is 5.02 Å². The molecule has 1 aromatic rings. The van der Waals surface area contributed by atoms with Crippen molar-refractivity contribution in [1.82, 2.24) is 10.3 Å². The predicted octanol–water partition coefficient (Wildman–Crippen LogP) is 2.39. The molecule has 0 spiro atoms. The number of nitrogens with one attached hydrogen (secondary N) is 1. The molecule has 2 rings (SSSR count). The van der Waals surface area contributed by atoms with Gasteiger partial charge < -0.3 is 10.1 Å². The number of hydrogen-bond donors (Lipinski definition) is 1. The standard InChI is InChI=1S/C11H15ClN2O/c1-2-15-11-6-5-9(12)10(14-11)7-13-8-3-4-8/h5-6,8,13H,2-4,7H2,1H3. The summed E-state index contributed by atoms with van der Waals surface area (Å²) >= 11 is 6.04. The van der Waals surface area contributed by atoms with Crippen LogP contribution in [0.4, 0.5) is 0 Å². The molecule has 0 radical (unpaired) electrons. The molecule has 0 atom stereocenters. The number of rotatable bonds is 5. The lowest BCUT2D eigenvalue weighted by Gasteiger charge is -2.07. The summed E-state index contributed by atoms with van der Waals surface area (Å²) in [6.07, 6.45) is 2.53. The van der Waals surface area contributed by atoms with E-state index in [1.54, 1.807) is 6.07 Å². The fraction of sp³-hybridized carbons (Fsp3) is 0.545. The van der Waals surface area contributed by atoms with Crippen LogP contribution in [-0.4, -0.2) is 17.6 Å². The van der Waals surface area contributed by atoms with Gasteiger partial charge in [-0.2, -0.15) is 0 Å². The average molecular weight is 227 g/mol. The summed E-state index contributed by atoms with van der Waals surface area (Å²) in [5.41, 5.74) is 0.870. The monoisotopic (exact) mass is 226 g/mol. The van der Waals surface area contributed by atoms with Crippen LogP contribution in [0.1, 0.15) is 25.5 Å². The molecular weight excluding hydrogens is 212 g/mol. The Morgan fingerprint density at radius 2 is 2.33 bits per heavy atom. The van der Waals surface area contributed by atoms with Gasteiger partial charge in [0.15, 0.2) is 0 Å². The van der Waals surface area contributed by atoms with Crippen molar-refractivity contribution in [3.63, 3.8) is 0 Å². The first-order valence-corrected chi connectivity index (χ1v) is 5.69. The van der Waals surface area contributed by atoms with Gasteiger partial charge in [-0.1, -0.05) is 11.6 Å². The smallest absolute Gasteiger partial charge is 0.213 e. The summed E-state index contributed by atoms with van der Waals surface area (Å²) in [5, 5.41) is 4.08. The Labute approximate surface area is 94.8 Å². The Morgan fingerprint density at radius 3 is 3.00 bits per heavy atom. The highest BCUT2D eigenvalue weighted by Gasteiger charge is 2.20. The highest BCUT2D eigenvalue weighted by Crippen LogP contribution is 2.22. The Hall–Kier alpha value is -0.800. The zero-order valence-electron chi connectivity index (χ0n) is 8.79. The molecule has 3 nitrogen and oxygen atoms in total. The summed E-state index contributed by atoms with van der Waals surface area (Å²) in [5.74, 6) is 0.648. The molecule has 0 unspecified atom stereocenters. The van der Waals surface area contributed by atoms with Gasteiger partial charge in [0, 0.05) is 18.7 Å². The van der Waals surface area contributed by atoms with Crippen molar-refractivity contribution in [2.24, 2.45) is 0 Å². The summed E-state index contributed by atoms with van der Waals surface area (Å²) in [7, 11) is 0. The normalized spacial score (nSPS) is 15.3. The third-order valence-electron chi connectivity index (χ3n) is 2.32. The molecule has 15 heavy (non-hydrogen) atoms. The molecular formula is C11H15ClN2O. The molecule has 1 fully saturated rings.